The summed E-state index contributed by atoms with van der Waals surface area (Å²) in [5.74, 6) is -0.262. The summed E-state index contributed by atoms with van der Waals surface area (Å²) in [5, 5.41) is 2.71. The van der Waals surface area contributed by atoms with Gasteiger partial charge in [-0.25, -0.2) is 8.98 Å². The molecule has 0 saturated carbocycles. The highest BCUT2D eigenvalue weighted by atomic mass is 35.5. The van der Waals surface area contributed by atoms with Crippen LogP contribution in [0.1, 0.15) is 35.4 Å². The number of fused-ring (bicyclic) bond motifs is 1. The number of methoxy groups -OCH3 is 1. The summed E-state index contributed by atoms with van der Waals surface area (Å²) in [5.41, 5.74) is 2.11. The average Bonchev–Trinajstić information content (AvgIpc) is 3.16. The summed E-state index contributed by atoms with van der Waals surface area (Å²) in [4.78, 5) is 15.8. The van der Waals surface area contributed by atoms with Crippen LogP contribution in [-0.4, -0.2) is 44.1 Å². The molecule has 10 heteroatoms. The maximum absolute atomic E-state index is 12.3. The normalized spacial score (nSPS) is 15.0. The lowest BCUT2D eigenvalue weighted by Gasteiger charge is -2.33. The number of hydrogen-bond acceptors (Lipinski definition) is 7. The van der Waals surface area contributed by atoms with Gasteiger partial charge in [0.2, 0.25) is 0 Å². The molecule has 29 heavy (non-hydrogen) atoms. The molecule has 1 N–H and O–H groups in total. The molecule has 1 aliphatic heterocycles. The molecule has 2 aromatic rings. The van der Waals surface area contributed by atoms with Gasteiger partial charge in [0.25, 0.3) is 0 Å². The Labute approximate surface area is 180 Å². The first-order valence-corrected chi connectivity index (χ1v) is 11.6. The first-order valence-electron chi connectivity index (χ1n) is 9.00. The Morgan fingerprint density at radius 3 is 2.66 bits per heavy atom. The minimum Gasteiger partial charge on any atom is -0.468 e. The largest absolute Gasteiger partial charge is 0.468 e. The molecule has 3 rings (SSSR count). The molecule has 0 aliphatic carbocycles. The average molecular weight is 462 g/mol. The van der Waals surface area contributed by atoms with Crippen molar-refractivity contribution in [3.05, 3.63) is 56.7 Å². The molecule has 0 radical (unpaired) electrons. The molecule has 1 aromatic heterocycles. The summed E-state index contributed by atoms with van der Waals surface area (Å²) in [7, 11) is -2.76. The molecule has 1 aliphatic rings. The van der Waals surface area contributed by atoms with Gasteiger partial charge in [-0.2, -0.15) is 8.42 Å². The zero-order valence-electron chi connectivity index (χ0n) is 16.2. The summed E-state index contributed by atoms with van der Waals surface area (Å²) in [6.07, 6.45) is 1.53. The van der Waals surface area contributed by atoms with E-state index in [1.54, 1.807) is 18.3 Å². The second kappa shape index (κ2) is 11.1. The third-order valence-electron chi connectivity index (χ3n) is 4.26. The van der Waals surface area contributed by atoms with Crippen LogP contribution in [-0.2, 0) is 37.1 Å². The van der Waals surface area contributed by atoms with Crippen LogP contribution >= 0.6 is 22.9 Å². The van der Waals surface area contributed by atoms with Gasteiger partial charge in [-0.3, -0.25) is 9.45 Å². The number of rotatable bonds is 6. The van der Waals surface area contributed by atoms with Gasteiger partial charge >= 0.3 is 16.4 Å². The Balaban J connectivity index is 0.000000321. The number of ether oxygens (including phenoxy) is 1. The van der Waals surface area contributed by atoms with Gasteiger partial charge in [-0.15, -0.1) is 11.3 Å². The van der Waals surface area contributed by atoms with Crippen LogP contribution in [0.2, 0.25) is 5.02 Å². The zero-order chi connectivity index (χ0) is 21.4. The second-order valence-corrected chi connectivity index (χ2v) is 8.79. The van der Waals surface area contributed by atoms with E-state index in [0.29, 0.717) is 11.4 Å². The monoisotopic (exact) mass is 461 g/mol. The molecule has 0 unspecified atom stereocenters. The third kappa shape index (κ3) is 7.06. The van der Waals surface area contributed by atoms with Crippen LogP contribution in [0.3, 0.4) is 0 Å². The van der Waals surface area contributed by atoms with E-state index in [4.69, 9.17) is 20.9 Å². The first kappa shape index (κ1) is 23.8. The van der Waals surface area contributed by atoms with Crippen molar-refractivity contribution in [2.24, 2.45) is 0 Å². The van der Waals surface area contributed by atoms with Crippen LogP contribution in [0.5, 0.6) is 0 Å². The van der Waals surface area contributed by atoms with Crippen LogP contribution in [0, 0.1) is 0 Å². The molecule has 1 aromatic carbocycles. The van der Waals surface area contributed by atoms with E-state index < -0.39 is 16.4 Å². The number of nitrogens with zero attached hydrogens (tertiary/aromatic N) is 1. The summed E-state index contributed by atoms with van der Waals surface area (Å²) < 4.78 is 36.3. The van der Waals surface area contributed by atoms with Crippen molar-refractivity contribution in [2.45, 2.75) is 32.4 Å². The van der Waals surface area contributed by atoms with Crippen LogP contribution < -0.4 is 0 Å². The highest BCUT2D eigenvalue weighted by Crippen LogP contribution is 2.33. The van der Waals surface area contributed by atoms with E-state index in [2.05, 4.69) is 20.5 Å². The molecule has 1 atom stereocenters. The number of thiophene rings is 1. The van der Waals surface area contributed by atoms with Crippen molar-refractivity contribution in [1.82, 2.24) is 4.90 Å². The molecule has 0 saturated heterocycles. The van der Waals surface area contributed by atoms with Crippen molar-refractivity contribution < 1.29 is 26.7 Å². The zero-order valence-corrected chi connectivity index (χ0v) is 18.6. The van der Waals surface area contributed by atoms with Gasteiger partial charge in [0.15, 0.2) is 0 Å². The highest BCUT2D eigenvalue weighted by molar-refractivity contribution is 7.80. The smallest absolute Gasteiger partial charge is 0.397 e. The fraction of sp³-hybridized carbons (Fsp3) is 0.421. The summed E-state index contributed by atoms with van der Waals surface area (Å²) in [6.45, 7) is 3.37. The van der Waals surface area contributed by atoms with Crippen molar-refractivity contribution >= 4 is 39.3 Å². The Hall–Kier alpha value is -1.49. The van der Waals surface area contributed by atoms with Gasteiger partial charge in [0.05, 0.1) is 13.7 Å². The van der Waals surface area contributed by atoms with Crippen LogP contribution in [0.4, 0.5) is 0 Å². The van der Waals surface area contributed by atoms with Crippen molar-refractivity contribution in [3.63, 3.8) is 0 Å². The van der Waals surface area contributed by atoms with E-state index in [0.717, 1.165) is 25.1 Å². The number of carbonyl (C=O) groups is 1. The lowest BCUT2D eigenvalue weighted by atomic mass is 10.0. The predicted octanol–water partition coefficient (Wildman–Crippen LogP) is 3.89. The Morgan fingerprint density at radius 2 is 2.07 bits per heavy atom. The Kier molecular flexibility index (Phi) is 9.06. The van der Waals surface area contributed by atoms with Crippen LogP contribution in [0.25, 0.3) is 0 Å². The van der Waals surface area contributed by atoms with Gasteiger partial charge in [0.1, 0.15) is 6.04 Å². The highest BCUT2D eigenvalue weighted by Gasteiger charge is 2.32. The van der Waals surface area contributed by atoms with Crippen molar-refractivity contribution in [3.8, 4) is 0 Å². The molecule has 0 spiro atoms. The van der Waals surface area contributed by atoms with Gasteiger partial charge in [-0.1, -0.05) is 36.7 Å². The summed E-state index contributed by atoms with van der Waals surface area (Å²) in [6, 6.07) is 9.16. The number of carbonyl (C=O) groups excluding carboxylic acids is 1. The second-order valence-electron chi connectivity index (χ2n) is 6.29. The quantitative estimate of drug-likeness (QED) is 0.515. The molecule has 160 valence electrons. The van der Waals surface area contributed by atoms with E-state index in [1.807, 2.05) is 24.3 Å². The number of hydrogen-bond donors (Lipinski definition) is 1. The third-order valence-corrected chi connectivity index (χ3v) is 6.09. The topological polar surface area (TPSA) is 93.1 Å². The molecule has 0 fully saturated rings. The van der Waals surface area contributed by atoms with Gasteiger partial charge < -0.3 is 4.74 Å². The van der Waals surface area contributed by atoms with Crippen molar-refractivity contribution in [1.29, 1.82) is 0 Å². The minimum absolute atomic E-state index is 0.0405. The standard InChI is InChI=1S/C16H16ClNO2S.C3H8O4S/c1-20-16(19)15(12-4-2-3-5-13(12)17)18-8-6-14-11(10-18)7-9-21-14;1-2-3-7-8(4,5)6/h2-5,7,9,15H,6,8,10H2,1H3;2-3H2,1H3,(H,4,5,6)/t15-;/m0./s1. The maximum atomic E-state index is 12.3. The van der Waals surface area contributed by atoms with E-state index >= 15 is 0 Å². The molecular weight excluding hydrogens is 438 g/mol. The maximum Gasteiger partial charge on any atom is 0.397 e. The SMILES string of the molecule is CCCOS(=O)(=O)O.COC(=O)[C@H](c1ccccc1Cl)N1CCc2sccc2C1. The molecule has 0 amide bonds. The molecule has 0 bridgehead atoms. The Bertz CT molecular complexity index is 915. The van der Waals surface area contributed by atoms with Crippen molar-refractivity contribution in [2.75, 3.05) is 20.3 Å². The molecule has 2 heterocycles. The van der Waals surface area contributed by atoms with E-state index in [9.17, 15) is 13.2 Å². The van der Waals surface area contributed by atoms with Gasteiger partial charge in [-0.05, 0) is 41.5 Å². The molecule has 7 nitrogen and oxygen atoms in total. The number of benzene rings is 1. The van der Waals surface area contributed by atoms with E-state index in [1.165, 1.54) is 17.6 Å². The van der Waals surface area contributed by atoms with Gasteiger partial charge in [0, 0.05) is 23.0 Å². The summed E-state index contributed by atoms with van der Waals surface area (Å²) >= 11 is 8.07. The molecular formula is C19H24ClNO6S2. The number of esters is 1. The fourth-order valence-electron chi connectivity index (χ4n) is 2.96. The van der Waals surface area contributed by atoms with E-state index in [-0.39, 0.29) is 12.6 Å². The fourth-order valence-corrected chi connectivity index (χ4v) is 4.47. The lowest BCUT2D eigenvalue weighted by molar-refractivity contribution is -0.147. The first-order chi connectivity index (χ1) is 13.8. The van der Waals surface area contributed by atoms with Crippen LogP contribution in [0.15, 0.2) is 35.7 Å². The number of halogens is 1. The predicted molar refractivity (Wildman–Crippen MR) is 112 cm³/mol. The minimum atomic E-state index is -4.19. The Morgan fingerprint density at radius 1 is 1.34 bits per heavy atom. The lowest BCUT2D eigenvalue weighted by Crippen LogP contribution is -2.38.